The van der Waals surface area contributed by atoms with Crippen molar-refractivity contribution in [2.75, 3.05) is 12.9 Å². The van der Waals surface area contributed by atoms with E-state index in [0.717, 1.165) is 6.92 Å². The Hall–Kier alpha value is -0.860. The number of hydrogen-bond donors (Lipinski definition) is 0. The molecule has 0 atom stereocenters. The Balaban J connectivity index is 4.36. The molecule has 0 unspecified atom stereocenters. The highest BCUT2D eigenvalue weighted by molar-refractivity contribution is 7.91. The minimum absolute atomic E-state index is 0.0466. The smallest absolute Gasteiger partial charge is 0.406 e. The molecule has 0 aliphatic heterocycles. The van der Waals surface area contributed by atoms with E-state index in [9.17, 15) is 30.8 Å². The van der Waals surface area contributed by atoms with E-state index in [-0.39, 0.29) is 25.7 Å². The number of halogens is 4. The van der Waals surface area contributed by atoms with E-state index in [1.54, 1.807) is 0 Å². The molecular weight excluding hydrogens is 280 g/mol. The Kier molecular flexibility index (Phi) is 5.57. The van der Waals surface area contributed by atoms with Crippen LogP contribution in [0.4, 0.5) is 17.6 Å². The number of rotatable bonds is 7. The Bertz CT molecular complexity index is 391. The van der Waals surface area contributed by atoms with E-state index in [0.29, 0.717) is 0 Å². The maximum Gasteiger partial charge on any atom is 0.406 e. The molecule has 0 N–H and O–H groups in total. The molecule has 0 aromatic rings. The van der Waals surface area contributed by atoms with Crippen LogP contribution in [0.2, 0.25) is 0 Å². The van der Waals surface area contributed by atoms with E-state index in [4.69, 9.17) is 0 Å². The van der Waals surface area contributed by atoms with Gasteiger partial charge in [0.15, 0.2) is 0 Å². The molecule has 0 radical (unpaired) electrons. The van der Waals surface area contributed by atoms with E-state index >= 15 is 0 Å². The van der Waals surface area contributed by atoms with Gasteiger partial charge < -0.3 is 4.74 Å². The zero-order chi connectivity index (χ0) is 14.6. The van der Waals surface area contributed by atoms with E-state index in [1.807, 2.05) is 0 Å². The summed E-state index contributed by atoms with van der Waals surface area (Å²) >= 11 is 0. The second-order valence-corrected chi connectivity index (χ2v) is 5.85. The number of unbranched alkanes of at least 4 members (excludes halogenated alkanes) is 1. The van der Waals surface area contributed by atoms with Gasteiger partial charge in [0.25, 0.3) is 0 Å². The lowest BCUT2D eigenvalue weighted by molar-refractivity contribution is -0.161. The van der Waals surface area contributed by atoms with Crippen LogP contribution in [-0.2, 0) is 19.4 Å². The van der Waals surface area contributed by atoms with Crippen LogP contribution >= 0.6 is 0 Å². The van der Waals surface area contributed by atoms with Gasteiger partial charge in [-0.1, -0.05) is 0 Å². The second-order valence-electron chi connectivity index (χ2n) is 3.79. The van der Waals surface area contributed by atoms with E-state index in [1.165, 1.54) is 0 Å². The van der Waals surface area contributed by atoms with Crippen molar-refractivity contribution in [2.24, 2.45) is 0 Å². The summed E-state index contributed by atoms with van der Waals surface area (Å²) in [4.78, 5) is 10.3. The van der Waals surface area contributed by atoms with Gasteiger partial charge in [0.05, 0.1) is 6.61 Å². The normalized spacial score (nSPS) is 13.4. The van der Waals surface area contributed by atoms with Gasteiger partial charge in [-0.3, -0.25) is 4.79 Å². The highest BCUT2D eigenvalue weighted by Gasteiger charge is 2.62. The van der Waals surface area contributed by atoms with Gasteiger partial charge in [0.2, 0.25) is 9.84 Å². The quantitative estimate of drug-likeness (QED) is 0.409. The Labute approximate surface area is 102 Å². The van der Waals surface area contributed by atoms with Crippen LogP contribution in [0.5, 0.6) is 0 Å². The van der Waals surface area contributed by atoms with Crippen LogP contribution in [0.15, 0.2) is 0 Å². The number of alkyl halides is 4. The zero-order valence-corrected chi connectivity index (χ0v) is 10.7. The molecule has 0 saturated heterocycles. The molecule has 0 heterocycles. The van der Waals surface area contributed by atoms with E-state index < -0.39 is 33.4 Å². The summed E-state index contributed by atoms with van der Waals surface area (Å²) in [6.45, 7) is 0.947. The summed E-state index contributed by atoms with van der Waals surface area (Å²) in [5.41, 5.74) is 0. The number of sulfone groups is 1. The van der Waals surface area contributed by atoms with Crippen molar-refractivity contribution < 1.29 is 35.5 Å². The van der Waals surface area contributed by atoms with Crippen LogP contribution in [0, 0.1) is 0 Å². The summed E-state index contributed by atoms with van der Waals surface area (Å²) in [5, 5.41) is -5.10. The summed E-state index contributed by atoms with van der Waals surface area (Å²) in [6, 6.07) is 0. The standard InChI is InChI=1S/C9H14F4O4S/c1-7(14)17-6-4-3-5-8(10,11)9(12,13)18(2,15)16/h3-6H2,1-2H3. The number of carbonyl (C=O) groups is 1. The fourth-order valence-electron chi connectivity index (χ4n) is 1.08. The molecule has 4 nitrogen and oxygen atoms in total. The summed E-state index contributed by atoms with van der Waals surface area (Å²) in [5.74, 6) is -5.25. The molecule has 0 aromatic heterocycles. The maximum atomic E-state index is 13.0. The average molecular weight is 294 g/mol. The molecule has 0 amide bonds. The first-order chi connectivity index (χ1) is 7.92. The summed E-state index contributed by atoms with van der Waals surface area (Å²) in [6.07, 6.45) is -1.67. The third-order valence-electron chi connectivity index (χ3n) is 2.08. The molecule has 0 aliphatic rings. The Morgan fingerprint density at radius 2 is 1.67 bits per heavy atom. The van der Waals surface area contributed by atoms with Crippen molar-refractivity contribution in [3.05, 3.63) is 0 Å². The molecule has 9 heteroatoms. The van der Waals surface area contributed by atoms with Crippen molar-refractivity contribution in [3.8, 4) is 0 Å². The highest BCUT2D eigenvalue weighted by atomic mass is 32.2. The molecule has 18 heavy (non-hydrogen) atoms. The number of carbonyl (C=O) groups excluding carboxylic acids is 1. The van der Waals surface area contributed by atoms with Crippen molar-refractivity contribution in [1.29, 1.82) is 0 Å². The number of ether oxygens (including phenoxy) is 1. The fourth-order valence-corrected chi connectivity index (χ4v) is 1.73. The topological polar surface area (TPSA) is 60.4 Å². The van der Waals surface area contributed by atoms with E-state index in [2.05, 4.69) is 4.74 Å². The molecule has 0 bridgehead atoms. The Morgan fingerprint density at radius 1 is 1.17 bits per heavy atom. The van der Waals surface area contributed by atoms with Crippen LogP contribution < -0.4 is 0 Å². The van der Waals surface area contributed by atoms with Crippen molar-refractivity contribution >= 4 is 15.8 Å². The summed E-state index contributed by atoms with van der Waals surface area (Å²) in [7, 11) is -5.18. The van der Waals surface area contributed by atoms with Crippen molar-refractivity contribution in [3.63, 3.8) is 0 Å². The highest BCUT2D eigenvalue weighted by Crippen LogP contribution is 2.41. The average Bonchev–Trinajstić information content (AvgIpc) is 2.14. The molecule has 0 rings (SSSR count). The van der Waals surface area contributed by atoms with Gasteiger partial charge in [-0.25, -0.2) is 8.42 Å². The predicted molar refractivity (Wildman–Crippen MR) is 55.2 cm³/mol. The minimum Gasteiger partial charge on any atom is -0.466 e. The summed E-state index contributed by atoms with van der Waals surface area (Å²) < 4.78 is 77.5. The van der Waals surface area contributed by atoms with Gasteiger partial charge in [-0.05, 0) is 12.8 Å². The fraction of sp³-hybridized carbons (Fsp3) is 0.889. The van der Waals surface area contributed by atoms with Crippen LogP contribution in [0.3, 0.4) is 0 Å². The van der Waals surface area contributed by atoms with Crippen molar-refractivity contribution in [2.45, 2.75) is 37.4 Å². The first-order valence-corrected chi connectivity index (χ1v) is 6.89. The minimum atomic E-state index is -5.18. The first-order valence-electron chi connectivity index (χ1n) is 5.00. The molecule has 108 valence electrons. The van der Waals surface area contributed by atoms with Gasteiger partial charge >= 0.3 is 17.1 Å². The predicted octanol–water partition coefficient (Wildman–Crippen LogP) is 1.99. The van der Waals surface area contributed by atoms with Crippen molar-refractivity contribution in [1.82, 2.24) is 0 Å². The van der Waals surface area contributed by atoms with Crippen LogP contribution in [0.25, 0.3) is 0 Å². The lowest BCUT2D eigenvalue weighted by atomic mass is 10.1. The van der Waals surface area contributed by atoms with Gasteiger partial charge in [0.1, 0.15) is 0 Å². The molecule has 0 aromatic carbocycles. The van der Waals surface area contributed by atoms with Crippen LogP contribution in [-0.4, -0.2) is 38.4 Å². The molecule has 0 saturated carbocycles. The van der Waals surface area contributed by atoms with Crippen LogP contribution in [0.1, 0.15) is 26.2 Å². The lowest BCUT2D eigenvalue weighted by Crippen LogP contribution is -2.46. The number of hydrogen-bond acceptors (Lipinski definition) is 4. The third kappa shape index (κ3) is 4.43. The molecule has 0 fully saturated rings. The van der Waals surface area contributed by atoms with Gasteiger partial charge in [-0.2, -0.15) is 17.6 Å². The zero-order valence-electron chi connectivity index (χ0n) is 9.88. The first kappa shape index (κ1) is 17.1. The maximum absolute atomic E-state index is 13.0. The Morgan fingerprint density at radius 3 is 2.06 bits per heavy atom. The molecule has 0 aliphatic carbocycles. The second kappa shape index (κ2) is 5.85. The van der Waals surface area contributed by atoms with Gasteiger partial charge in [0, 0.05) is 19.6 Å². The SMILES string of the molecule is CC(=O)OCCCCC(F)(F)C(F)(F)S(C)(=O)=O. The largest absolute Gasteiger partial charge is 0.466 e. The third-order valence-corrected chi connectivity index (χ3v) is 3.31. The molecular formula is C9H14F4O4S. The molecule has 0 spiro atoms. The lowest BCUT2D eigenvalue weighted by Gasteiger charge is -2.24. The number of esters is 1. The van der Waals surface area contributed by atoms with Gasteiger partial charge in [-0.15, -0.1) is 0 Å². The monoisotopic (exact) mass is 294 g/mol.